The van der Waals surface area contributed by atoms with Gasteiger partial charge >= 0.3 is 0 Å². The Balaban J connectivity index is 1.41. The van der Waals surface area contributed by atoms with Gasteiger partial charge in [0.05, 0.1) is 23.8 Å². The highest BCUT2D eigenvalue weighted by Crippen LogP contribution is 2.44. The molecule has 1 unspecified atom stereocenters. The molecular weight excluding hydrogens is 476 g/mol. The van der Waals surface area contributed by atoms with Gasteiger partial charge in [-0.05, 0) is 49.3 Å². The average Bonchev–Trinajstić information content (AvgIpc) is 3.68. The number of carbonyl (C=O) groups excluding carboxylic acids is 1. The highest BCUT2D eigenvalue weighted by Gasteiger charge is 2.34. The molecule has 1 saturated carbocycles. The maximum absolute atomic E-state index is 11.8. The Morgan fingerprint density at radius 3 is 2.47 bits per heavy atom. The summed E-state index contributed by atoms with van der Waals surface area (Å²) in [5, 5.41) is 9.77. The highest BCUT2D eigenvalue weighted by molar-refractivity contribution is 5.87. The van der Waals surface area contributed by atoms with E-state index in [-0.39, 0.29) is 18.0 Å². The first-order valence-corrected chi connectivity index (χ1v) is 13.8. The summed E-state index contributed by atoms with van der Waals surface area (Å²) in [4.78, 5) is 30.7. The van der Waals surface area contributed by atoms with Crippen LogP contribution < -0.4 is 10.2 Å². The summed E-state index contributed by atoms with van der Waals surface area (Å²) in [6, 6.07) is 10.8. The minimum absolute atomic E-state index is 0.102. The summed E-state index contributed by atoms with van der Waals surface area (Å²) in [7, 11) is 0. The molecule has 4 aromatic rings. The maximum atomic E-state index is 11.8. The number of benzene rings is 1. The molecule has 1 aromatic carbocycles. The van der Waals surface area contributed by atoms with E-state index in [9.17, 15) is 4.79 Å². The quantitative estimate of drug-likeness (QED) is 0.379. The monoisotopic (exact) mass is 512 g/mol. The SMILES string of the molecule is CC(=O)N1CCN(c2nc(N[C@@H](c3cnc4ccccc4c3)C3CC3)c3c(cnn3C(C)C(C)C)n2)CC1. The number of nitrogens with one attached hydrogen (secondary N) is 1. The van der Waals surface area contributed by atoms with Crippen molar-refractivity contribution in [1.29, 1.82) is 0 Å². The Kier molecular flexibility index (Phi) is 6.37. The van der Waals surface area contributed by atoms with E-state index in [2.05, 4.69) is 59.9 Å². The van der Waals surface area contributed by atoms with Gasteiger partial charge in [0, 0.05) is 44.7 Å². The van der Waals surface area contributed by atoms with E-state index in [0.717, 1.165) is 27.8 Å². The fourth-order valence-electron chi connectivity index (χ4n) is 5.31. The van der Waals surface area contributed by atoms with Crippen molar-refractivity contribution < 1.29 is 4.79 Å². The molecule has 1 amide bonds. The standard InChI is InChI=1S/C29H36N8O/c1-18(2)19(3)37-27-25(17-31-37)32-29(36-13-11-35(12-14-36)20(4)38)34-28(27)33-26(21-9-10-21)23-15-22-7-5-6-8-24(22)30-16-23/h5-8,15-19,21,26H,9-14H2,1-4H3,(H,32,33,34)/t19?,26-/m1/s1. The normalized spacial score (nSPS) is 17.8. The van der Waals surface area contributed by atoms with Crippen molar-refractivity contribution in [3.63, 3.8) is 0 Å². The molecule has 0 spiro atoms. The van der Waals surface area contributed by atoms with Crippen LogP contribution in [-0.2, 0) is 4.79 Å². The number of rotatable bonds is 7. The zero-order valence-corrected chi connectivity index (χ0v) is 22.6. The van der Waals surface area contributed by atoms with Crippen molar-refractivity contribution in [2.75, 3.05) is 36.4 Å². The van der Waals surface area contributed by atoms with E-state index < -0.39 is 0 Å². The lowest BCUT2D eigenvalue weighted by Gasteiger charge is -2.34. The predicted octanol–water partition coefficient (Wildman–Crippen LogP) is 4.82. The third kappa shape index (κ3) is 4.66. The summed E-state index contributed by atoms with van der Waals surface area (Å²) in [5.74, 6) is 2.56. The fourth-order valence-corrected chi connectivity index (χ4v) is 5.31. The van der Waals surface area contributed by atoms with Gasteiger partial charge in [-0.25, -0.2) is 4.98 Å². The maximum Gasteiger partial charge on any atom is 0.228 e. The molecule has 1 N–H and O–H groups in total. The lowest BCUT2D eigenvalue weighted by atomic mass is 10.0. The van der Waals surface area contributed by atoms with Crippen LogP contribution in [0.3, 0.4) is 0 Å². The number of pyridine rings is 1. The zero-order chi connectivity index (χ0) is 26.4. The highest BCUT2D eigenvalue weighted by atomic mass is 16.2. The molecule has 2 fully saturated rings. The van der Waals surface area contributed by atoms with Crippen molar-refractivity contribution in [1.82, 2.24) is 29.6 Å². The summed E-state index contributed by atoms with van der Waals surface area (Å²) < 4.78 is 2.07. The molecule has 3 aromatic heterocycles. The topological polar surface area (TPSA) is 92.1 Å². The molecule has 9 nitrogen and oxygen atoms in total. The van der Waals surface area contributed by atoms with Crippen LogP contribution in [0.1, 0.15) is 58.2 Å². The molecule has 1 aliphatic heterocycles. The molecule has 1 aliphatic carbocycles. The molecule has 0 radical (unpaired) electrons. The summed E-state index contributed by atoms with van der Waals surface area (Å²) in [5.41, 5.74) is 3.96. The number of hydrogen-bond donors (Lipinski definition) is 1. The minimum Gasteiger partial charge on any atom is -0.361 e. The van der Waals surface area contributed by atoms with Gasteiger partial charge in [0.25, 0.3) is 0 Å². The van der Waals surface area contributed by atoms with Gasteiger partial charge in [0.2, 0.25) is 11.9 Å². The molecule has 6 rings (SSSR count). The van der Waals surface area contributed by atoms with E-state index >= 15 is 0 Å². The first-order chi connectivity index (χ1) is 18.4. The Morgan fingerprint density at radius 1 is 1.00 bits per heavy atom. The second-order valence-corrected chi connectivity index (χ2v) is 11.1. The first-order valence-electron chi connectivity index (χ1n) is 13.8. The lowest BCUT2D eigenvalue weighted by molar-refractivity contribution is -0.129. The molecule has 2 atom stereocenters. The zero-order valence-electron chi connectivity index (χ0n) is 22.6. The second kappa shape index (κ2) is 9.85. The number of aromatic nitrogens is 5. The Bertz CT molecular complexity index is 1470. The molecule has 4 heterocycles. The Labute approximate surface area is 223 Å². The number of hydrogen-bond acceptors (Lipinski definition) is 7. The van der Waals surface area contributed by atoms with E-state index in [1.807, 2.05) is 23.4 Å². The first kappa shape index (κ1) is 24.6. The number of piperazine rings is 1. The molecular formula is C29H36N8O. The molecule has 1 saturated heterocycles. The molecule has 2 aliphatic rings. The van der Waals surface area contributed by atoms with Crippen LogP contribution in [0.4, 0.5) is 11.8 Å². The van der Waals surface area contributed by atoms with Gasteiger partial charge in [-0.1, -0.05) is 32.0 Å². The van der Waals surface area contributed by atoms with Gasteiger partial charge < -0.3 is 15.1 Å². The Hall–Kier alpha value is -3.75. The summed E-state index contributed by atoms with van der Waals surface area (Å²) in [6.07, 6.45) is 6.23. The lowest BCUT2D eigenvalue weighted by Crippen LogP contribution is -2.48. The Morgan fingerprint density at radius 2 is 1.76 bits per heavy atom. The third-order valence-corrected chi connectivity index (χ3v) is 8.15. The van der Waals surface area contributed by atoms with Crippen LogP contribution in [0.15, 0.2) is 42.7 Å². The van der Waals surface area contributed by atoms with Crippen molar-refractivity contribution in [2.24, 2.45) is 11.8 Å². The van der Waals surface area contributed by atoms with Gasteiger partial charge in [-0.15, -0.1) is 0 Å². The molecule has 9 heteroatoms. The second-order valence-electron chi connectivity index (χ2n) is 11.1. The van der Waals surface area contributed by atoms with Crippen LogP contribution in [0.5, 0.6) is 0 Å². The molecule has 198 valence electrons. The van der Waals surface area contributed by atoms with Crippen molar-refractivity contribution in [3.05, 3.63) is 48.3 Å². The van der Waals surface area contributed by atoms with Gasteiger partial charge in [-0.3, -0.25) is 14.5 Å². The number of fused-ring (bicyclic) bond motifs is 2. The van der Waals surface area contributed by atoms with E-state index in [1.54, 1.807) is 6.92 Å². The van der Waals surface area contributed by atoms with Crippen LogP contribution in [0, 0.1) is 11.8 Å². The van der Waals surface area contributed by atoms with Gasteiger partial charge in [0.1, 0.15) is 11.0 Å². The van der Waals surface area contributed by atoms with Crippen molar-refractivity contribution in [2.45, 2.75) is 52.6 Å². The van der Waals surface area contributed by atoms with Crippen LogP contribution in [-0.4, -0.2) is 61.7 Å². The number of anilines is 2. The summed E-state index contributed by atoms with van der Waals surface area (Å²) >= 11 is 0. The van der Waals surface area contributed by atoms with Crippen molar-refractivity contribution >= 4 is 39.6 Å². The minimum atomic E-state index is 0.102. The van der Waals surface area contributed by atoms with E-state index in [4.69, 9.17) is 20.1 Å². The van der Waals surface area contributed by atoms with Gasteiger partial charge in [0.15, 0.2) is 5.82 Å². The number of para-hydroxylation sites is 1. The van der Waals surface area contributed by atoms with Crippen LogP contribution >= 0.6 is 0 Å². The molecule has 38 heavy (non-hydrogen) atoms. The fraction of sp³-hybridized carbons (Fsp3) is 0.483. The van der Waals surface area contributed by atoms with Crippen LogP contribution in [0.25, 0.3) is 21.9 Å². The number of nitrogens with zero attached hydrogens (tertiary/aromatic N) is 7. The number of amides is 1. The average molecular weight is 513 g/mol. The van der Waals surface area contributed by atoms with Gasteiger partial charge in [-0.2, -0.15) is 10.1 Å². The van der Waals surface area contributed by atoms with Crippen LogP contribution in [0.2, 0.25) is 0 Å². The van der Waals surface area contributed by atoms with E-state index in [0.29, 0.717) is 44.0 Å². The smallest absolute Gasteiger partial charge is 0.228 e. The molecule has 0 bridgehead atoms. The van der Waals surface area contributed by atoms with Crippen molar-refractivity contribution in [3.8, 4) is 0 Å². The van der Waals surface area contributed by atoms with E-state index in [1.165, 1.54) is 18.4 Å². The summed E-state index contributed by atoms with van der Waals surface area (Å²) in [6.45, 7) is 11.0. The largest absolute Gasteiger partial charge is 0.361 e. The predicted molar refractivity (Wildman–Crippen MR) is 150 cm³/mol. The number of carbonyl (C=O) groups is 1. The third-order valence-electron chi connectivity index (χ3n) is 8.15.